The van der Waals surface area contributed by atoms with Gasteiger partial charge in [-0.1, -0.05) is 26.3 Å². The lowest BCUT2D eigenvalue weighted by molar-refractivity contribution is -0.151. The van der Waals surface area contributed by atoms with Crippen molar-refractivity contribution in [2.24, 2.45) is 0 Å². The molecule has 0 aliphatic carbocycles. The van der Waals surface area contributed by atoms with E-state index in [2.05, 4.69) is 5.32 Å². The first-order valence-electron chi connectivity index (χ1n) is 10.5. The van der Waals surface area contributed by atoms with E-state index in [0.717, 1.165) is 19.3 Å². The Morgan fingerprint density at radius 1 is 1.16 bits per heavy atom. The van der Waals surface area contributed by atoms with Crippen LogP contribution < -0.4 is 5.32 Å². The molecule has 172 valence electrons. The summed E-state index contributed by atoms with van der Waals surface area (Å²) in [7, 11) is -3.68. The molecule has 10 heteroatoms. The van der Waals surface area contributed by atoms with Gasteiger partial charge in [-0.25, -0.2) is 8.42 Å². The zero-order valence-corrected chi connectivity index (χ0v) is 19.2. The largest absolute Gasteiger partial charge is 0.454 e. The van der Waals surface area contributed by atoms with E-state index in [0.29, 0.717) is 37.3 Å². The van der Waals surface area contributed by atoms with Crippen molar-refractivity contribution in [1.82, 2.24) is 9.21 Å². The van der Waals surface area contributed by atoms with Crippen LogP contribution in [0.5, 0.6) is 0 Å². The molecule has 0 atom stereocenters. The number of ether oxygens (including phenoxy) is 1. The third kappa shape index (κ3) is 6.76. The van der Waals surface area contributed by atoms with E-state index in [4.69, 9.17) is 4.74 Å². The summed E-state index contributed by atoms with van der Waals surface area (Å²) in [6.07, 6.45) is 3.02. The number of esters is 1. The van der Waals surface area contributed by atoms with Crippen LogP contribution in [0.3, 0.4) is 0 Å². The van der Waals surface area contributed by atoms with Gasteiger partial charge in [-0.2, -0.15) is 4.31 Å². The summed E-state index contributed by atoms with van der Waals surface area (Å²) in [6.45, 7) is 5.69. The zero-order chi connectivity index (χ0) is 23.0. The molecule has 0 bridgehead atoms. The van der Waals surface area contributed by atoms with Gasteiger partial charge in [0, 0.05) is 31.7 Å². The number of carbonyl (C=O) groups is 3. The Balaban J connectivity index is 1.96. The number of amides is 2. The van der Waals surface area contributed by atoms with E-state index in [1.807, 2.05) is 0 Å². The van der Waals surface area contributed by atoms with E-state index in [-0.39, 0.29) is 17.3 Å². The first kappa shape index (κ1) is 24.8. The van der Waals surface area contributed by atoms with Gasteiger partial charge in [0.25, 0.3) is 5.91 Å². The molecule has 0 spiro atoms. The number of aryl methyl sites for hydroxylation is 1. The summed E-state index contributed by atoms with van der Waals surface area (Å²) in [5.74, 6) is -1.33. The molecule has 9 nitrogen and oxygen atoms in total. The topological polar surface area (TPSA) is 113 Å². The lowest BCUT2D eigenvalue weighted by Gasteiger charge is -2.20. The monoisotopic (exact) mass is 453 g/mol. The molecule has 31 heavy (non-hydrogen) atoms. The second-order valence-electron chi connectivity index (χ2n) is 7.40. The van der Waals surface area contributed by atoms with Gasteiger partial charge in [-0.15, -0.1) is 0 Å². The summed E-state index contributed by atoms with van der Waals surface area (Å²) < 4.78 is 32.0. The molecule has 0 unspecified atom stereocenters. The smallest absolute Gasteiger partial charge is 0.326 e. The van der Waals surface area contributed by atoms with Crippen molar-refractivity contribution in [2.45, 2.75) is 51.3 Å². The number of nitrogens with one attached hydrogen (secondary N) is 1. The predicted octanol–water partition coefficient (Wildman–Crippen LogP) is 1.91. The Morgan fingerprint density at radius 2 is 1.87 bits per heavy atom. The maximum Gasteiger partial charge on any atom is 0.326 e. The number of sulfonamides is 1. The highest BCUT2D eigenvalue weighted by molar-refractivity contribution is 7.89. The van der Waals surface area contributed by atoms with Crippen LogP contribution in [0.1, 0.15) is 45.1 Å². The molecule has 2 rings (SSSR count). The fourth-order valence-corrected chi connectivity index (χ4v) is 5.12. The van der Waals surface area contributed by atoms with Gasteiger partial charge in [0.2, 0.25) is 15.9 Å². The van der Waals surface area contributed by atoms with Crippen LogP contribution in [-0.4, -0.2) is 68.2 Å². The molecule has 1 saturated heterocycles. The minimum atomic E-state index is -3.68. The van der Waals surface area contributed by atoms with Crippen molar-refractivity contribution in [3.05, 3.63) is 23.8 Å². The number of hydrogen-bond acceptors (Lipinski definition) is 6. The zero-order valence-electron chi connectivity index (χ0n) is 18.3. The van der Waals surface area contributed by atoms with Gasteiger partial charge in [-0.3, -0.25) is 14.4 Å². The van der Waals surface area contributed by atoms with Crippen molar-refractivity contribution in [3.8, 4) is 0 Å². The Bertz CT molecular complexity index is 912. The maximum absolute atomic E-state index is 12.8. The lowest BCUT2D eigenvalue weighted by atomic mass is 10.2. The SMILES string of the molecule is CCN(CC)S(=O)(=O)c1cc(NC(=O)COC(=O)CN2CCCCCC2=O)ccc1C. The highest BCUT2D eigenvalue weighted by Crippen LogP contribution is 2.23. The Kier molecular flexibility index (Phi) is 9.00. The minimum Gasteiger partial charge on any atom is -0.454 e. The Hall–Kier alpha value is -2.46. The van der Waals surface area contributed by atoms with Gasteiger partial charge in [0.05, 0.1) is 4.90 Å². The molecule has 1 aromatic carbocycles. The summed E-state index contributed by atoms with van der Waals surface area (Å²) in [4.78, 5) is 37.7. The molecule has 1 aromatic rings. The fourth-order valence-electron chi connectivity index (χ4n) is 3.41. The number of anilines is 1. The van der Waals surface area contributed by atoms with Crippen molar-refractivity contribution < 1.29 is 27.5 Å². The van der Waals surface area contributed by atoms with Crippen LogP contribution in [-0.2, 0) is 29.1 Å². The third-order valence-electron chi connectivity index (χ3n) is 5.15. The Morgan fingerprint density at radius 3 is 2.55 bits per heavy atom. The number of carbonyl (C=O) groups excluding carboxylic acids is 3. The van der Waals surface area contributed by atoms with Gasteiger partial charge in [0.1, 0.15) is 6.54 Å². The normalized spacial score (nSPS) is 15.0. The lowest BCUT2D eigenvalue weighted by Crippen LogP contribution is -2.36. The predicted molar refractivity (Wildman–Crippen MR) is 116 cm³/mol. The van der Waals surface area contributed by atoms with Gasteiger partial charge >= 0.3 is 5.97 Å². The fraction of sp³-hybridized carbons (Fsp3) is 0.571. The second-order valence-corrected chi connectivity index (χ2v) is 9.31. The third-order valence-corrected chi connectivity index (χ3v) is 7.34. The van der Waals surface area contributed by atoms with Crippen molar-refractivity contribution in [1.29, 1.82) is 0 Å². The van der Waals surface area contributed by atoms with Crippen LogP contribution >= 0.6 is 0 Å². The van der Waals surface area contributed by atoms with Crippen LogP contribution in [0.25, 0.3) is 0 Å². The van der Waals surface area contributed by atoms with E-state index in [1.165, 1.54) is 15.3 Å². The number of hydrogen-bond donors (Lipinski definition) is 1. The highest BCUT2D eigenvalue weighted by Gasteiger charge is 2.24. The van der Waals surface area contributed by atoms with Crippen molar-refractivity contribution >= 4 is 33.5 Å². The van der Waals surface area contributed by atoms with Crippen molar-refractivity contribution in [3.63, 3.8) is 0 Å². The second kappa shape index (κ2) is 11.2. The quantitative estimate of drug-likeness (QED) is 0.572. The van der Waals surface area contributed by atoms with Crippen LogP contribution in [0.15, 0.2) is 23.1 Å². The van der Waals surface area contributed by atoms with E-state index >= 15 is 0 Å². The molecule has 1 heterocycles. The summed E-state index contributed by atoms with van der Waals surface area (Å²) in [5, 5.41) is 2.55. The molecular formula is C21H31N3O6S. The van der Waals surface area contributed by atoms with Crippen LogP contribution in [0, 0.1) is 6.92 Å². The molecule has 1 aliphatic rings. The summed E-state index contributed by atoms with van der Waals surface area (Å²) in [6, 6.07) is 4.60. The number of nitrogens with zero attached hydrogens (tertiary/aromatic N) is 2. The van der Waals surface area contributed by atoms with Crippen LogP contribution in [0.2, 0.25) is 0 Å². The molecule has 1 N–H and O–H groups in total. The van der Waals surface area contributed by atoms with Gasteiger partial charge in [-0.05, 0) is 37.5 Å². The van der Waals surface area contributed by atoms with Gasteiger partial charge in [0.15, 0.2) is 6.61 Å². The van der Waals surface area contributed by atoms with E-state index < -0.39 is 28.5 Å². The first-order chi connectivity index (χ1) is 14.7. The summed E-state index contributed by atoms with van der Waals surface area (Å²) >= 11 is 0. The van der Waals surface area contributed by atoms with E-state index in [1.54, 1.807) is 32.9 Å². The number of benzene rings is 1. The molecular weight excluding hydrogens is 422 g/mol. The Labute approximate surface area is 183 Å². The molecule has 1 aliphatic heterocycles. The number of likely N-dealkylation sites (tertiary alicyclic amines) is 1. The number of rotatable bonds is 9. The molecule has 0 saturated carbocycles. The van der Waals surface area contributed by atoms with Crippen LogP contribution in [0.4, 0.5) is 5.69 Å². The first-order valence-corrected chi connectivity index (χ1v) is 12.0. The van der Waals surface area contributed by atoms with Gasteiger partial charge < -0.3 is 15.0 Å². The molecule has 1 fully saturated rings. The minimum absolute atomic E-state index is 0.0829. The summed E-state index contributed by atoms with van der Waals surface area (Å²) in [5.41, 5.74) is 0.860. The molecule has 2 amide bonds. The standard InChI is InChI=1S/C21H31N3O6S/c1-4-24(5-2)31(28,29)18-13-17(11-10-16(18)3)22-19(25)15-30-21(27)14-23-12-8-6-7-9-20(23)26/h10-11,13H,4-9,12,14-15H2,1-3H3,(H,22,25). The molecule has 0 radical (unpaired) electrons. The average molecular weight is 454 g/mol. The highest BCUT2D eigenvalue weighted by atomic mass is 32.2. The van der Waals surface area contributed by atoms with E-state index in [9.17, 15) is 22.8 Å². The molecule has 0 aromatic heterocycles. The van der Waals surface area contributed by atoms with Crippen molar-refractivity contribution in [2.75, 3.05) is 38.1 Å². The average Bonchev–Trinajstić information content (AvgIpc) is 2.92. The maximum atomic E-state index is 12.8.